The van der Waals surface area contributed by atoms with Gasteiger partial charge in [0.15, 0.2) is 5.65 Å². The van der Waals surface area contributed by atoms with Crippen LogP contribution >= 0.6 is 0 Å². The highest BCUT2D eigenvalue weighted by molar-refractivity contribution is 6.06. The molecular formula is C13H11N5O. The zero-order chi connectivity index (χ0) is 13.2. The summed E-state index contributed by atoms with van der Waals surface area (Å²) in [4.78, 5) is 21.9. The summed E-state index contributed by atoms with van der Waals surface area (Å²) in [6.07, 6.45) is 6.51. The Hall–Kier alpha value is -2.76. The lowest BCUT2D eigenvalue weighted by Gasteiger charge is -2.16. The molecule has 3 heterocycles. The van der Waals surface area contributed by atoms with Gasteiger partial charge in [0.1, 0.15) is 0 Å². The van der Waals surface area contributed by atoms with Crippen LogP contribution in [0.2, 0.25) is 0 Å². The van der Waals surface area contributed by atoms with Crippen molar-refractivity contribution in [1.29, 1.82) is 0 Å². The highest BCUT2D eigenvalue weighted by Crippen LogP contribution is 2.18. The van der Waals surface area contributed by atoms with Crippen LogP contribution in [0.4, 0.5) is 5.69 Å². The normalized spacial score (nSPS) is 10.6. The summed E-state index contributed by atoms with van der Waals surface area (Å²) in [5.74, 6) is -0.105. The molecule has 6 heteroatoms. The topological polar surface area (TPSA) is 74.8 Å². The highest BCUT2D eigenvalue weighted by Gasteiger charge is 2.14. The first kappa shape index (κ1) is 11.3. The number of nitrogens with one attached hydrogen (secondary N) is 1. The van der Waals surface area contributed by atoms with Gasteiger partial charge in [-0.15, -0.1) is 0 Å². The third kappa shape index (κ3) is 2.03. The maximum absolute atomic E-state index is 12.3. The second kappa shape index (κ2) is 4.49. The predicted molar refractivity (Wildman–Crippen MR) is 70.9 cm³/mol. The molecule has 3 aromatic rings. The SMILES string of the molecule is CN(C(=O)c1ccncc1)c1cnc2[nH]ncc2c1. The summed E-state index contributed by atoms with van der Waals surface area (Å²) in [7, 11) is 1.71. The van der Waals surface area contributed by atoms with E-state index in [2.05, 4.69) is 20.2 Å². The van der Waals surface area contributed by atoms with Gasteiger partial charge in [-0.3, -0.25) is 14.9 Å². The van der Waals surface area contributed by atoms with Crippen molar-refractivity contribution in [3.8, 4) is 0 Å². The largest absolute Gasteiger partial charge is 0.310 e. The summed E-state index contributed by atoms with van der Waals surface area (Å²) in [6.45, 7) is 0. The molecule has 1 N–H and O–H groups in total. The number of carbonyl (C=O) groups is 1. The lowest BCUT2D eigenvalue weighted by atomic mass is 10.2. The van der Waals surface area contributed by atoms with E-state index in [1.807, 2.05) is 6.07 Å². The van der Waals surface area contributed by atoms with Crippen LogP contribution in [0, 0.1) is 0 Å². The maximum Gasteiger partial charge on any atom is 0.258 e. The van der Waals surface area contributed by atoms with Gasteiger partial charge in [-0.1, -0.05) is 0 Å². The molecule has 0 unspecified atom stereocenters. The molecule has 0 spiro atoms. The fourth-order valence-corrected chi connectivity index (χ4v) is 1.81. The van der Waals surface area contributed by atoms with Crippen molar-refractivity contribution < 1.29 is 4.79 Å². The molecule has 6 nitrogen and oxygen atoms in total. The number of fused-ring (bicyclic) bond motifs is 1. The van der Waals surface area contributed by atoms with Crippen molar-refractivity contribution in [2.45, 2.75) is 0 Å². The van der Waals surface area contributed by atoms with Crippen molar-refractivity contribution in [2.75, 3.05) is 11.9 Å². The second-order valence-corrected chi connectivity index (χ2v) is 4.10. The Morgan fingerprint density at radius 2 is 2.05 bits per heavy atom. The standard InChI is InChI=1S/C13H11N5O/c1-18(13(19)9-2-4-14-5-3-9)11-6-10-7-16-17-12(10)15-8-11/h2-8H,1H3,(H,15,16,17). The van der Waals surface area contributed by atoms with Crippen LogP contribution in [0.25, 0.3) is 11.0 Å². The van der Waals surface area contributed by atoms with Crippen LogP contribution in [0.5, 0.6) is 0 Å². The number of pyridine rings is 2. The fraction of sp³-hybridized carbons (Fsp3) is 0.0769. The molecule has 94 valence electrons. The number of rotatable bonds is 2. The Kier molecular flexibility index (Phi) is 2.68. The first-order valence-corrected chi connectivity index (χ1v) is 5.73. The summed E-state index contributed by atoms with van der Waals surface area (Å²) >= 11 is 0. The van der Waals surface area contributed by atoms with Crippen molar-refractivity contribution >= 4 is 22.6 Å². The lowest BCUT2D eigenvalue weighted by molar-refractivity contribution is 0.0993. The molecule has 0 saturated carbocycles. The quantitative estimate of drug-likeness (QED) is 0.753. The van der Waals surface area contributed by atoms with Gasteiger partial charge in [-0.2, -0.15) is 5.10 Å². The molecule has 0 aliphatic carbocycles. The smallest absolute Gasteiger partial charge is 0.258 e. The summed E-state index contributed by atoms with van der Waals surface area (Å²) in [6, 6.07) is 5.23. The van der Waals surface area contributed by atoms with Crippen LogP contribution in [0.1, 0.15) is 10.4 Å². The van der Waals surface area contributed by atoms with E-state index in [0.29, 0.717) is 11.2 Å². The van der Waals surface area contributed by atoms with E-state index in [-0.39, 0.29) is 5.91 Å². The molecule has 0 radical (unpaired) electrons. The molecule has 0 fully saturated rings. The number of carbonyl (C=O) groups excluding carboxylic acids is 1. The molecule has 0 aromatic carbocycles. The molecule has 0 aliphatic rings. The molecule has 19 heavy (non-hydrogen) atoms. The Labute approximate surface area is 109 Å². The van der Waals surface area contributed by atoms with Gasteiger partial charge < -0.3 is 4.90 Å². The Bertz CT molecular complexity index is 722. The second-order valence-electron chi connectivity index (χ2n) is 4.10. The minimum atomic E-state index is -0.105. The highest BCUT2D eigenvalue weighted by atomic mass is 16.2. The number of H-pyrrole nitrogens is 1. The van der Waals surface area contributed by atoms with Crippen molar-refractivity contribution in [3.05, 3.63) is 48.5 Å². The van der Waals surface area contributed by atoms with Crippen LogP contribution in [0.3, 0.4) is 0 Å². The molecular weight excluding hydrogens is 242 g/mol. The average molecular weight is 253 g/mol. The predicted octanol–water partition coefficient (Wildman–Crippen LogP) is 1.63. The lowest BCUT2D eigenvalue weighted by Crippen LogP contribution is -2.26. The van der Waals surface area contributed by atoms with E-state index < -0.39 is 0 Å². The number of hydrogen-bond acceptors (Lipinski definition) is 4. The van der Waals surface area contributed by atoms with E-state index in [1.165, 1.54) is 0 Å². The number of aromatic nitrogens is 4. The molecule has 0 aliphatic heterocycles. The third-order valence-electron chi connectivity index (χ3n) is 2.90. The molecule has 0 atom stereocenters. The van der Waals surface area contributed by atoms with Crippen molar-refractivity contribution in [1.82, 2.24) is 20.2 Å². The number of nitrogens with zero attached hydrogens (tertiary/aromatic N) is 4. The summed E-state index contributed by atoms with van der Waals surface area (Å²) < 4.78 is 0. The van der Waals surface area contributed by atoms with Gasteiger partial charge in [-0.25, -0.2) is 4.98 Å². The maximum atomic E-state index is 12.3. The van der Waals surface area contributed by atoms with Gasteiger partial charge in [0.25, 0.3) is 5.91 Å². The Morgan fingerprint density at radius 1 is 1.26 bits per heavy atom. The van der Waals surface area contributed by atoms with Gasteiger partial charge in [0.2, 0.25) is 0 Å². The van der Waals surface area contributed by atoms with Gasteiger partial charge in [0, 0.05) is 30.4 Å². The monoisotopic (exact) mass is 253 g/mol. The van der Waals surface area contributed by atoms with E-state index in [9.17, 15) is 4.79 Å². The Morgan fingerprint density at radius 3 is 2.84 bits per heavy atom. The zero-order valence-electron chi connectivity index (χ0n) is 10.2. The fourth-order valence-electron chi connectivity index (χ4n) is 1.81. The zero-order valence-corrected chi connectivity index (χ0v) is 10.2. The van der Waals surface area contributed by atoms with Gasteiger partial charge in [-0.05, 0) is 18.2 Å². The van der Waals surface area contributed by atoms with Crippen LogP contribution in [0.15, 0.2) is 43.0 Å². The third-order valence-corrected chi connectivity index (χ3v) is 2.90. The van der Waals surface area contributed by atoms with E-state index >= 15 is 0 Å². The van der Waals surface area contributed by atoms with E-state index in [4.69, 9.17) is 0 Å². The molecule has 1 amide bonds. The molecule has 0 bridgehead atoms. The first-order valence-electron chi connectivity index (χ1n) is 5.73. The Balaban J connectivity index is 1.94. The van der Waals surface area contributed by atoms with Crippen LogP contribution < -0.4 is 4.90 Å². The number of hydrogen-bond donors (Lipinski definition) is 1. The molecule has 0 saturated heterocycles. The summed E-state index contributed by atoms with van der Waals surface area (Å²) in [5, 5.41) is 7.55. The minimum absolute atomic E-state index is 0.105. The van der Waals surface area contributed by atoms with Crippen LogP contribution in [-0.2, 0) is 0 Å². The van der Waals surface area contributed by atoms with Crippen molar-refractivity contribution in [3.63, 3.8) is 0 Å². The number of amides is 1. The van der Waals surface area contributed by atoms with Crippen molar-refractivity contribution in [2.24, 2.45) is 0 Å². The van der Waals surface area contributed by atoms with E-state index in [1.54, 1.807) is 48.9 Å². The van der Waals surface area contributed by atoms with Crippen LogP contribution in [-0.4, -0.2) is 33.1 Å². The molecule has 3 rings (SSSR count). The summed E-state index contributed by atoms with van der Waals surface area (Å²) in [5.41, 5.74) is 2.01. The molecule has 3 aromatic heterocycles. The average Bonchev–Trinajstić information content (AvgIpc) is 2.94. The minimum Gasteiger partial charge on any atom is -0.310 e. The van der Waals surface area contributed by atoms with E-state index in [0.717, 1.165) is 11.1 Å². The number of aromatic amines is 1. The first-order chi connectivity index (χ1) is 9.25. The van der Waals surface area contributed by atoms with Gasteiger partial charge in [0.05, 0.1) is 18.1 Å². The number of anilines is 1. The van der Waals surface area contributed by atoms with Gasteiger partial charge >= 0.3 is 0 Å².